The van der Waals surface area contributed by atoms with E-state index in [1.807, 2.05) is 4.90 Å². The Balaban J connectivity index is 1.61. The van der Waals surface area contributed by atoms with Crippen molar-refractivity contribution in [2.45, 2.75) is 38.0 Å². The molecule has 4 rings (SSSR count). The number of rotatable bonds is 3. The van der Waals surface area contributed by atoms with E-state index in [4.69, 9.17) is 5.26 Å². The molecule has 1 atom stereocenters. The van der Waals surface area contributed by atoms with Gasteiger partial charge in [-0.3, -0.25) is 9.69 Å². The minimum atomic E-state index is -2.83. The fourth-order valence-electron chi connectivity index (χ4n) is 4.58. The Kier molecular flexibility index (Phi) is 4.23. The first-order chi connectivity index (χ1) is 12.4. The average molecular weight is 359 g/mol. The van der Waals surface area contributed by atoms with Crippen molar-refractivity contribution in [2.75, 3.05) is 31.1 Å². The molecule has 1 aromatic carbocycles. The second-order valence-electron chi connectivity index (χ2n) is 8.15. The molecular formula is C20H23F2N3O. The van der Waals surface area contributed by atoms with Crippen LogP contribution in [0.3, 0.4) is 0 Å². The van der Waals surface area contributed by atoms with Gasteiger partial charge in [-0.1, -0.05) is 6.07 Å². The van der Waals surface area contributed by atoms with Crippen LogP contribution in [0.1, 0.15) is 37.7 Å². The molecule has 1 saturated carbocycles. The Labute approximate surface area is 152 Å². The highest BCUT2D eigenvalue weighted by Crippen LogP contribution is 2.47. The third-order valence-corrected chi connectivity index (χ3v) is 5.81. The molecule has 2 heterocycles. The van der Waals surface area contributed by atoms with E-state index in [9.17, 15) is 13.6 Å². The molecule has 1 aliphatic carbocycles. The van der Waals surface area contributed by atoms with E-state index >= 15 is 0 Å². The third kappa shape index (κ3) is 3.33. The number of carbonyl (C=O) groups is 1. The molecule has 0 unspecified atom stereocenters. The minimum absolute atomic E-state index is 0.209. The van der Waals surface area contributed by atoms with Gasteiger partial charge in [0.2, 0.25) is 5.91 Å². The van der Waals surface area contributed by atoms with Gasteiger partial charge in [0.15, 0.2) is 0 Å². The van der Waals surface area contributed by atoms with Crippen molar-refractivity contribution >= 4 is 11.6 Å². The zero-order chi connectivity index (χ0) is 18.4. The number of anilines is 1. The zero-order valence-corrected chi connectivity index (χ0v) is 14.8. The van der Waals surface area contributed by atoms with Crippen LogP contribution in [0.15, 0.2) is 24.3 Å². The highest BCUT2D eigenvalue weighted by atomic mass is 19.3. The van der Waals surface area contributed by atoms with Crippen molar-refractivity contribution in [1.29, 1.82) is 5.26 Å². The first-order valence-electron chi connectivity index (χ1n) is 9.33. The smallest absolute Gasteiger partial charge is 0.261 e. The number of carbonyl (C=O) groups excluding carboxylic acids is 1. The number of hydrogen-bond donors (Lipinski definition) is 0. The van der Waals surface area contributed by atoms with Crippen molar-refractivity contribution in [3.05, 3.63) is 29.8 Å². The fourth-order valence-corrected chi connectivity index (χ4v) is 4.58. The van der Waals surface area contributed by atoms with Crippen LogP contribution in [0.25, 0.3) is 0 Å². The molecular weight excluding hydrogens is 336 g/mol. The van der Waals surface area contributed by atoms with Gasteiger partial charge < -0.3 is 4.90 Å². The van der Waals surface area contributed by atoms with Crippen LogP contribution in [0.5, 0.6) is 0 Å². The molecule has 138 valence electrons. The minimum Gasteiger partial charge on any atom is -0.312 e. The van der Waals surface area contributed by atoms with Crippen LogP contribution in [0.2, 0.25) is 0 Å². The molecule has 3 fully saturated rings. The van der Waals surface area contributed by atoms with Crippen molar-refractivity contribution in [1.82, 2.24) is 4.90 Å². The summed E-state index contributed by atoms with van der Waals surface area (Å²) < 4.78 is 29.0. The summed E-state index contributed by atoms with van der Waals surface area (Å²) in [4.78, 5) is 16.7. The van der Waals surface area contributed by atoms with E-state index in [1.54, 1.807) is 29.2 Å². The lowest BCUT2D eigenvalue weighted by molar-refractivity contribution is -0.154. The molecule has 1 aromatic rings. The van der Waals surface area contributed by atoms with Crippen LogP contribution in [-0.2, 0) is 4.79 Å². The second-order valence-corrected chi connectivity index (χ2v) is 8.15. The lowest BCUT2D eigenvalue weighted by Gasteiger charge is -2.49. The number of likely N-dealkylation sites (tertiary alicyclic amines) is 1. The van der Waals surface area contributed by atoms with Crippen LogP contribution >= 0.6 is 0 Å². The predicted molar refractivity (Wildman–Crippen MR) is 93.9 cm³/mol. The lowest BCUT2D eigenvalue weighted by Crippen LogP contribution is -2.61. The topological polar surface area (TPSA) is 47.3 Å². The fraction of sp³-hybridized carbons (Fsp3) is 0.600. The van der Waals surface area contributed by atoms with Crippen molar-refractivity contribution in [3.63, 3.8) is 0 Å². The van der Waals surface area contributed by atoms with Gasteiger partial charge in [-0.05, 0) is 49.8 Å². The maximum Gasteiger partial charge on any atom is 0.261 e. The van der Waals surface area contributed by atoms with E-state index in [0.717, 1.165) is 12.8 Å². The molecule has 2 aliphatic heterocycles. The number of nitriles is 1. The van der Waals surface area contributed by atoms with E-state index in [2.05, 4.69) is 6.07 Å². The van der Waals surface area contributed by atoms with Crippen LogP contribution in [0, 0.1) is 22.7 Å². The Morgan fingerprint density at radius 2 is 2.08 bits per heavy atom. The van der Waals surface area contributed by atoms with E-state index in [0.29, 0.717) is 49.6 Å². The summed E-state index contributed by atoms with van der Waals surface area (Å²) in [5.74, 6) is -2.53. The Hall–Kier alpha value is -2.00. The van der Waals surface area contributed by atoms with Gasteiger partial charge in [0.05, 0.1) is 23.6 Å². The summed E-state index contributed by atoms with van der Waals surface area (Å²) in [6.45, 7) is 1.38. The van der Waals surface area contributed by atoms with Gasteiger partial charge in [0.1, 0.15) is 0 Å². The number of alkyl halides is 2. The van der Waals surface area contributed by atoms with Crippen LogP contribution in [0.4, 0.5) is 14.5 Å². The van der Waals surface area contributed by atoms with Gasteiger partial charge in [-0.2, -0.15) is 5.26 Å². The first kappa shape index (κ1) is 17.4. The molecule has 3 aliphatic rings. The zero-order valence-electron chi connectivity index (χ0n) is 14.8. The Morgan fingerprint density at radius 3 is 2.81 bits per heavy atom. The summed E-state index contributed by atoms with van der Waals surface area (Å²) in [6.07, 6.45) is 3.06. The number of amides is 1. The molecule has 0 aromatic heterocycles. The number of halogens is 2. The molecule has 1 amide bonds. The van der Waals surface area contributed by atoms with Crippen LogP contribution < -0.4 is 4.90 Å². The summed E-state index contributed by atoms with van der Waals surface area (Å²) in [6, 6.07) is 8.93. The van der Waals surface area contributed by atoms with Gasteiger partial charge >= 0.3 is 0 Å². The monoisotopic (exact) mass is 359 g/mol. The Morgan fingerprint density at radius 1 is 1.27 bits per heavy atom. The van der Waals surface area contributed by atoms with Crippen molar-refractivity contribution < 1.29 is 13.6 Å². The number of benzene rings is 1. The molecule has 1 spiro atoms. The van der Waals surface area contributed by atoms with Gasteiger partial charge in [-0.15, -0.1) is 0 Å². The summed E-state index contributed by atoms with van der Waals surface area (Å²) in [7, 11) is 0. The molecule has 0 N–H and O–H groups in total. The maximum absolute atomic E-state index is 14.5. The SMILES string of the molecule is N#Cc1cccc(N2CCC[C@]3(CN(CC4CC4)CC(F)(F)C3)C2=O)c1. The summed E-state index contributed by atoms with van der Waals surface area (Å²) >= 11 is 0. The van der Waals surface area contributed by atoms with Gasteiger partial charge in [-0.25, -0.2) is 8.78 Å². The molecule has 0 bridgehead atoms. The quantitative estimate of drug-likeness (QED) is 0.831. The van der Waals surface area contributed by atoms with Gasteiger partial charge in [0.25, 0.3) is 5.92 Å². The largest absolute Gasteiger partial charge is 0.312 e. The normalized spacial score (nSPS) is 29.0. The molecule has 0 radical (unpaired) electrons. The first-order valence-corrected chi connectivity index (χ1v) is 9.33. The number of nitrogens with zero attached hydrogens (tertiary/aromatic N) is 3. The highest BCUT2D eigenvalue weighted by Gasteiger charge is 2.55. The Bertz CT molecular complexity index is 756. The number of piperidine rings is 2. The molecule has 2 saturated heterocycles. The van der Waals surface area contributed by atoms with E-state index < -0.39 is 11.3 Å². The highest BCUT2D eigenvalue weighted by molar-refractivity contribution is 5.98. The lowest BCUT2D eigenvalue weighted by atomic mass is 9.71. The summed E-state index contributed by atoms with van der Waals surface area (Å²) in [5.41, 5.74) is 0.0902. The van der Waals surface area contributed by atoms with Crippen molar-refractivity contribution in [2.24, 2.45) is 11.3 Å². The van der Waals surface area contributed by atoms with E-state index in [1.165, 1.54) is 0 Å². The van der Waals surface area contributed by atoms with E-state index in [-0.39, 0.29) is 18.9 Å². The molecule has 4 nitrogen and oxygen atoms in total. The predicted octanol–water partition coefficient (Wildman–Crippen LogP) is 3.42. The standard InChI is InChI=1S/C20H23F2N3O/c21-20(22)12-19(13-24(14-20)11-15-5-6-15)7-2-8-25(18(19)26)17-4-1-3-16(9-17)10-23/h1,3-4,9,15H,2,5-8,11-14H2/t19-/m0/s1. The van der Waals surface area contributed by atoms with Crippen LogP contribution in [-0.4, -0.2) is 42.9 Å². The number of hydrogen-bond acceptors (Lipinski definition) is 3. The second kappa shape index (κ2) is 6.31. The summed E-state index contributed by atoms with van der Waals surface area (Å²) in [5, 5.41) is 9.10. The third-order valence-electron chi connectivity index (χ3n) is 5.81. The van der Waals surface area contributed by atoms with Crippen molar-refractivity contribution in [3.8, 4) is 6.07 Å². The molecule has 26 heavy (non-hydrogen) atoms. The average Bonchev–Trinajstić information content (AvgIpc) is 3.40. The van der Waals surface area contributed by atoms with Gasteiger partial charge in [0, 0.05) is 31.7 Å². The molecule has 6 heteroatoms. The maximum atomic E-state index is 14.5.